The fourth-order valence-electron chi connectivity index (χ4n) is 1.04. The zero-order chi connectivity index (χ0) is 10.4. The highest BCUT2D eigenvalue weighted by atomic mass is 16.2. The number of hydrogen-bond acceptors (Lipinski definition) is 3. The van der Waals surface area contributed by atoms with Crippen molar-refractivity contribution in [3.8, 4) is 0 Å². The molecule has 6 N–H and O–H groups in total. The highest BCUT2D eigenvalue weighted by Crippen LogP contribution is 2.10. The number of nitrogen functional groups attached to an aromatic ring is 1. The van der Waals surface area contributed by atoms with Crippen molar-refractivity contribution in [3.63, 3.8) is 0 Å². The van der Waals surface area contributed by atoms with Crippen LogP contribution in [0.15, 0.2) is 24.3 Å². The van der Waals surface area contributed by atoms with Crippen LogP contribution in [0.2, 0.25) is 0 Å². The van der Waals surface area contributed by atoms with Gasteiger partial charge in [0.05, 0.1) is 0 Å². The number of carbonyl (C=O) groups excluding carboxylic acids is 1. The molecule has 1 aromatic rings. The Labute approximate surface area is 82.5 Å². The first kappa shape index (κ1) is 10.2. The van der Waals surface area contributed by atoms with Crippen LogP contribution in [0.25, 0.3) is 0 Å². The first-order chi connectivity index (χ1) is 6.68. The van der Waals surface area contributed by atoms with Crippen molar-refractivity contribution in [1.82, 2.24) is 5.32 Å². The molecule has 1 aromatic carbocycles. The number of benzene rings is 1. The maximum absolute atomic E-state index is 10.3. The summed E-state index contributed by atoms with van der Waals surface area (Å²) in [6.45, 7) is 1.11. The van der Waals surface area contributed by atoms with Crippen molar-refractivity contribution in [2.24, 2.45) is 5.73 Å². The Balaban J connectivity index is 2.28. The van der Waals surface area contributed by atoms with Crippen LogP contribution < -0.4 is 22.1 Å². The van der Waals surface area contributed by atoms with Gasteiger partial charge in [0.1, 0.15) is 0 Å². The Hall–Kier alpha value is -1.91. The molecule has 0 bridgehead atoms. The summed E-state index contributed by atoms with van der Waals surface area (Å²) in [5.41, 5.74) is 12.1. The molecule has 0 aliphatic heterocycles. The Morgan fingerprint density at radius 2 is 2.14 bits per heavy atom. The topological polar surface area (TPSA) is 93.2 Å². The van der Waals surface area contributed by atoms with Gasteiger partial charge in [-0.2, -0.15) is 0 Å². The number of urea groups is 1. The van der Waals surface area contributed by atoms with Crippen molar-refractivity contribution in [2.75, 3.05) is 24.1 Å². The van der Waals surface area contributed by atoms with Crippen LogP contribution >= 0.6 is 0 Å². The van der Waals surface area contributed by atoms with Gasteiger partial charge in [-0.1, -0.05) is 6.07 Å². The SMILES string of the molecule is NC(=O)NCCNc1cccc(N)c1. The summed E-state index contributed by atoms with van der Waals surface area (Å²) in [5.74, 6) is 0. The molecular weight excluding hydrogens is 180 g/mol. The average molecular weight is 194 g/mol. The number of rotatable bonds is 4. The lowest BCUT2D eigenvalue weighted by Gasteiger charge is -2.06. The van der Waals surface area contributed by atoms with Gasteiger partial charge in [0.15, 0.2) is 0 Å². The zero-order valence-corrected chi connectivity index (χ0v) is 7.79. The Morgan fingerprint density at radius 3 is 2.79 bits per heavy atom. The van der Waals surface area contributed by atoms with Crippen molar-refractivity contribution in [1.29, 1.82) is 0 Å². The third-order valence-corrected chi connectivity index (χ3v) is 1.64. The largest absolute Gasteiger partial charge is 0.399 e. The van der Waals surface area contributed by atoms with Gasteiger partial charge in [-0.15, -0.1) is 0 Å². The summed E-state index contributed by atoms with van der Waals surface area (Å²) in [6, 6.07) is 6.89. The monoisotopic (exact) mass is 194 g/mol. The summed E-state index contributed by atoms with van der Waals surface area (Å²) in [7, 11) is 0. The van der Waals surface area contributed by atoms with E-state index in [9.17, 15) is 4.79 Å². The van der Waals surface area contributed by atoms with Crippen molar-refractivity contribution < 1.29 is 4.79 Å². The molecular formula is C9H14N4O. The third-order valence-electron chi connectivity index (χ3n) is 1.64. The minimum atomic E-state index is -0.514. The van der Waals surface area contributed by atoms with Gasteiger partial charge in [-0.3, -0.25) is 0 Å². The third kappa shape index (κ3) is 3.66. The molecule has 0 saturated carbocycles. The van der Waals surface area contributed by atoms with E-state index in [2.05, 4.69) is 10.6 Å². The molecule has 1 rings (SSSR count). The second kappa shape index (κ2) is 4.96. The van der Waals surface area contributed by atoms with Crippen molar-refractivity contribution in [2.45, 2.75) is 0 Å². The number of nitrogens with two attached hydrogens (primary N) is 2. The van der Waals surface area contributed by atoms with Crippen LogP contribution in [0, 0.1) is 0 Å². The molecule has 0 radical (unpaired) electrons. The van der Waals surface area contributed by atoms with Gasteiger partial charge in [-0.25, -0.2) is 4.79 Å². The van der Waals surface area contributed by atoms with E-state index in [4.69, 9.17) is 11.5 Å². The molecule has 0 heterocycles. The van der Waals surface area contributed by atoms with E-state index in [1.807, 2.05) is 24.3 Å². The zero-order valence-electron chi connectivity index (χ0n) is 7.79. The lowest BCUT2D eigenvalue weighted by atomic mass is 10.3. The number of nitrogens with one attached hydrogen (secondary N) is 2. The van der Waals surface area contributed by atoms with Crippen LogP contribution in [0.5, 0.6) is 0 Å². The Bertz CT molecular complexity index is 313. The maximum atomic E-state index is 10.3. The van der Waals surface area contributed by atoms with E-state index >= 15 is 0 Å². The molecule has 0 aromatic heterocycles. The summed E-state index contributed by atoms with van der Waals surface area (Å²) in [4.78, 5) is 10.3. The van der Waals surface area contributed by atoms with Gasteiger partial charge >= 0.3 is 6.03 Å². The van der Waals surface area contributed by atoms with Crippen LogP contribution in [0.3, 0.4) is 0 Å². The smallest absolute Gasteiger partial charge is 0.312 e. The number of hydrogen-bond donors (Lipinski definition) is 4. The predicted molar refractivity (Wildman–Crippen MR) is 56.9 cm³/mol. The number of amides is 2. The van der Waals surface area contributed by atoms with Crippen molar-refractivity contribution in [3.05, 3.63) is 24.3 Å². The molecule has 0 saturated heterocycles. The molecule has 0 fully saturated rings. The molecule has 14 heavy (non-hydrogen) atoms. The first-order valence-electron chi connectivity index (χ1n) is 4.31. The van der Waals surface area contributed by atoms with Gasteiger partial charge in [-0.05, 0) is 18.2 Å². The van der Waals surface area contributed by atoms with E-state index < -0.39 is 6.03 Å². The fraction of sp³-hybridized carbons (Fsp3) is 0.222. The predicted octanol–water partition coefficient (Wildman–Crippen LogP) is 0.349. The number of carbonyl (C=O) groups is 1. The van der Waals surface area contributed by atoms with E-state index in [-0.39, 0.29) is 0 Å². The van der Waals surface area contributed by atoms with Gasteiger partial charge in [0, 0.05) is 24.5 Å². The molecule has 5 heteroatoms. The fourth-order valence-corrected chi connectivity index (χ4v) is 1.04. The second-order valence-electron chi connectivity index (χ2n) is 2.84. The molecule has 0 aliphatic rings. The van der Waals surface area contributed by atoms with Crippen LogP contribution in [0.1, 0.15) is 0 Å². The molecule has 2 amide bonds. The number of anilines is 2. The highest BCUT2D eigenvalue weighted by molar-refractivity contribution is 5.71. The van der Waals surface area contributed by atoms with E-state index in [1.165, 1.54) is 0 Å². The van der Waals surface area contributed by atoms with Gasteiger partial charge in [0.2, 0.25) is 0 Å². The van der Waals surface area contributed by atoms with Crippen LogP contribution in [-0.4, -0.2) is 19.1 Å². The lowest BCUT2D eigenvalue weighted by Crippen LogP contribution is -2.33. The van der Waals surface area contributed by atoms with Gasteiger partial charge < -0.3 is 22.1 Å². The van der Waals surface area contributed by atoms with E-state index in [0.717, 1.165) is 5.69 Å². The summed E-state index contributed by atoms with van der Waals surface area (Å²) < 4.78 is 0. The van der Waals surface area contributed by atoms with E-state index in [1.54, 1.807) is 0 Å². The standard InChI is InChI=1S/C9H14N4O/c10-7-2-1-3-8(6-7)12-4-5-13-9(11)14/h1-3,6,12H,4-5,10H2,(H3,11,13,14). The van der Waals surface area contributed by atoms with Crippen LogP contribution in [0.4, 0.5) is 16.2 Å². The Morgan fingerprint density at radius 1 is 1.36 bits per heavy atom. The molecule has 0 atom stereocenters. The van der Waals surface area contributed by atoms with Crippen molar-refractivity contribution >= 4 is 17.4 Å². The molecule has 0 aliphatic carbocycles. The number of primary amides is 1. The average Bonchev–Trinajstić information content (AvgIpc) is 2.12. The molecule has 5 nitrogen and oxygen atoms in total. The molecule has 0 spiro atoms. The first-order valence-corrected chi connectivity index (χ1v) is 4.31. The summed E-state index contributed by atoms with van der Waals surface area (Å²) >= 11 is 0. The normalized spacial score (nSPS) is 9.43. The minimum absolute atomic E-state index is 0.490. The second-order valence-corrected chi connectivity index (χ2v) is 2.84. The minimum Gasteiger partial charge on any atom is -0.399 e. The molecule has 76 valence electrons. The van der Waals surface area contributed by atoms with Gasteiger partial charge in [0.25, 0.3) is 0 Å². The highest BCUT2D eigenvalue weighted by Gasteiger charge is 1.93. The van der Waals surface area contributed by atoms with Crippen LogP contribution in [-0.2, 0) is 0 Å². The quantitative estimate of drug-likeness (QED) is 0.411. The Kier molecular flexibility index (Phi) is 3.60. The lowest BCUT2D eigenvalue weighted by molar-refractivity contribution is 0.249. The molecule has 0 unspecified atom stereocenters. The van der Waals surface area contributed by atoms with E-state index in [0.29, 0.717) is 18.8 Å². The summed E-state index contributed by atoms with van der Waals surface area (Å²) in [5, 5.41) is 5.57. The maximum Gasteiger partial charge on any atom is 0.312 e. The summed E-state index contributed by atoms with van der Waals surface area (Å²) in [6.07, 6.45) is 0.